The van der Waals surface area contributed by atoms with E-state index in [9.17, 15) is 13.2 Å². The number of carbonyl (C=O) groups is 1. The van der Waals surface area contributed by atoms with E-state index in [4.69, 9.17) is 9.15 Å². The molecule has 1 aliphatic rings. The summed E-state index contributed by atoms with van der Waals surface area (Å²) < 4.78 is 35.0. The third-order valence-corrected chi connectivity index (χ3v) is 5.28. The second kappa shape index (κ2) is 6.72. The van der Waals surface area contributed by atoms with Gasteiger partial charge in [0.1, 0.15) is 5.76 Å². The Morgan fingerprint density at radius 1 is 1.24 bits per heavy atom. The summed E-state index contributed by atoms with van der Waals surface area (Å²) >= 11 is 0. The van der Waals surface area contributed by atoms with Crippen molar-refractivity contribution >= 4 is 21.7 Å². The molecule has 0 saturated carbocycles. The van der Waals surface area contributed by atoms with E-state index >= 15 is 0 Å². The largest absolute Gasteiger partial charge is 0.463 e. The van der Waals surface area contributed by atoms with Gasteiger partial charge in [-0.15, -0.1) is 0 Å². The van der Waals surface area contributed by atoms with Crippen LogP contribution in [0.3, 0.4) is 0 Å². The third-order valence-electron chi connectivity index (χ3n) is 4.05. The fraction of sp³-hybridized carbons (Fsp3) is 0.294. The highest BCUT2D eigenvalue weighted by atomic mass is 32.2. The Kier molecular flexibility index (Phi) is 4.63. The maximum absolute atomic E-state index is 12.3. The zero-order chi connectivity index (χ0) is 18.0. The topological polar surface area (TPSA) is 98.0 Å². The quantitative estimate of drug-likeness (QED) is 0.665. The Morgan fingerprint density at radius 2 is 1.96 bits per heavy atom. The van der Waals surface area contributed by atoms with Crippen LogP contribution in [-0.2, 0) is 21.2 Å². The number of ether oxygens (including phenoxy) is 1. The smallest absolute Gasteiger partial charge is 0.374 e. The van der Waals surface area contributed by atoms with E-state index in [1.807, 2.05) is 0 Å². The van der Waals surface area contributed by atoms with Crippen LogP contribution in [0.1, 0.15) is 40.3 Å². The minimum atomic E-state index is -3.75. The van der Waals surface area contributed by atoms with Gasteiger partial charge in [0.15, 0.2) is 0 Å². The Morgan fingerprint density at radius 3 is 2.64 bits per heavy atom. The first-order valence-corrected chi connectivity index (χ1v) is 9.26. The van der Waals surface area contributed by atoms with Gasteiger partial charge >= 0.3 is 5.97 Å². The minimum Gasteiger partial charge on any atom is -0.463 e. The van der Waals surface area contributed by atoms with E-state index in [1.54, 1.807) is 25.1 Å². The minimum absolute atomic E-state index is 0.132. The summed E-state index contributed by atoms with van der Waals surface area (Å²) in [5, 5.41) is 4.10. The Labute approximate surface area is 145 Å². The number of benzene rings is 1. The molecule has 25 heavy (non-hydrogen) atoms. The van der Waals surface area contributed by atoms with Gasteiger partial charge in [-0.25, -0.2) is 4.79 Å². The summed E-state index contributed by atoms with van der Waals surface area (Å²) in [4.78, 5) is 14.2. The van der Waals surface area contributed by atoms with Crippen LogP contribution in [0.25, 0.3) is 0 Å². The molecule has 0 aliphatic heterocycles. The van der Waals surface area contributed by atoms with Gasteiger partial charge in [-0.05, 0) is 31.9 Å². The molecule has 1 N–H and O–H groups in total. The van der Waals surface area contributed by atoms with Crippen molar-refractivity contribution in [2.45, 2.75) is 31.1 Å². The van der Waals surface area contributed by atoms with Gasteiger partial charge in [-0.3, -0.25) is 0 Å². The van der Waals surface area contributed by atoms with Crippen LogP contribution in [0.2, 0.25) is 0 Å². The van der Waals surface area contributed by atoms with Crippen molar-refractivity contribution < 1.29 is 22.4 Å². The number of sulfonamides is 1. The molecule has 8 heteroatoms. The van der Waals surface area contributed by atoms with Crippen molar-refractivity contribution in [1.82, 2.24) is 4.83 Å². The van der Waals surface area contributed by atoms with E-state index < -0.39 is 16.0 Å². The molecule has 7 nitrogen and oxygen atoms in total. The van der Waals surface area contributed by atoms with Gasteiger partial charge in [0.2, 0.25) is 5.76 Å². The summed E-state index contributed by atoms with van der Waals surface area (Å²) in [7, 11) is -2.46. The number of rotatable bonds is 4. The number of furan rings is 1. The molecule has 2 aromatic rings. The van der Waals surface area contributed by atoms with Crippen LogP contribution >= 0.6 is 0 Å². The maximum atomic E-state index is 12.3. The fourth-order valence-corrected chi connectivity index (χ4v) is 3.69. The van der Waals surface area contributed by atoms with Crippen LogP contribution in [0.4, 0.5) is 0 Å². The lowest BCUT2D eigenvalue weighted by molar-refractivity contribution is 0.0562. The number of hydrogen-bond donors (Lipinski definition) is 1. The van der Waals surface area contributed by atoms with Crippen LogP contribution in [0, 0.1) is 6.92 Å². The van der Waals surface area contributed by atoms with Crippen LogP contribution < -0.4 is 4.83 Å². The summed E-state index contributed by atoms with van der Waals surface area (Å²) in [5.74, 6) is 0.200. The summed E-state index contributed by atoms with van der Waals surface area (Å²) in [6.45, 7) is 1.74. The fourth-order valence-electron chi connectivity index (χ4n) is 2.84. The van der Waals surface area contributed by atoms with Crippen LogP contribution in [-0.4, -0.2) is 27.2 Å². The van der Waals surface area contributed by atoms with Gasteiger partial charge in [-0.1, -0.05) is 18.2 Å². The molecule has 0 bridgehead atoms. The molecule has 0 saturated heterocycles. The van der Waals surface area contributed by atoms with Gasteiger partial charge in [0.25, 0.3) is 10.0 Å². The molecule has 1 aliphatic carbocycles. The summed E-state index contributed by atoms with van der Waals surface area (Å²) in [6.07, 6.45) is 2.01. The highest BCUT2D eigenvalue weighted by Crippen LogP contribution is 2.30. The van der Waals surface area contributed by atoms with E-state index in [0.717, 1.165) is 6.42 Å². The third kappa shape index (κ3) is 3.30. The lowest BCUT2D eigenvalue weighted by Gasteiger charge is -2.14. The maximum Gasteiger partial charge on any atom is 0.374 e. The van der Waals surface area contributed by atoms with E-state index in [0.29, 0.717) is 35.4 Å². The lowest BCUT2D eigenvalue weighted by atomic mass is 9.93. The average molecular weight is 362 g/mol. The number of esters is 1. The Bertz CT molecular complexity index is 929. The SMILES string of the molecule is COC(=O)c1oc2c(c1C)/C(=N/NS(=O)(=O)c1ccccc1)CCC2. The average Bonchev–Trinajstić information content (AvgIpc) is 2.97. The number of hydrazone groups is 1. The molecule has 3 rings (SSSR count). The standard InChI is InChI=1S/C17H18N2O5S/c1-11-15-13(9-6-10-14(15)24-16(11)17(20)23-2)18-19-25(21,22)12-7-4-3-5-8-12/h3-5,7-8,19H,6,9-10H2,1-2H3/b18-13+. The second-order valence-corrected chi connectivity index (χ2v) is 7.33. The zero-order valence-electron chi connectivity index (χ0n) is 13.9. The number of fused-ring (bicyclic) bond motifs is 1. The monoisotopic (exact) mass is 362 g/mol. The zero-order valence-corrected chi connectivity index (χ0v) is 14.7. The molecule has 0 unspecified atom stereocenters. The van der Waals surface area contributed by atoms with Gasteiger partial charge in [0.05, 0.1) is 17.7 Å². The molecule has 0 radical (unpaired) electrons. The van der Waals surface area contributed by atoms with Crippen molar-refractivity contribution in [3.63, 3.8) is 0 Å². The number of nitrogens with one attached hydrogen (secondary N) is 1. The van der Waals surface area contributed by atoms with Crippen LogP contribution in [0.15, 0.2) is 44.7 Å². The highest BCUT2D eigenvalue weighted by molar-refractivity contribution is 7.89. The highest BCUT2D eigenvalue weighted by Gasteiger charge is 2.28. The first kappa shape index (κ1) is 17.2. The van der Waals surface area contributed by atoms with Crippen molar-refractivity contribution in [2.24, 2.45) is 5.10 Å². The predicted octanol–water partition coefficient (Wildman–Crippen LogP) is 2.39. The Balaban J connectivity index is 1.94. The van der Waals surface area contributed by atoms with Crippen LogP contribution in [0.5, 0.6) is 0 Å². The number of aryl methyl sites for hydroxylation is 1. The molecule has 0 amide bonds. The predicted molar refractivity (Wildman–Crippen MR) is 91.0 cm³/mol. The first-order chi connectivity index (χ1) is 11.9. The van der Waals surface area contributed by atoms with E-state index in [2.05, 4.69) is 9.93 Å². The molecule has 0 atom stereocenters. The Hall–Kier alpha value is -2.61. The number of hydrogen-bond acceptors (Lipinski definition) is 6. The van der Waals surface area contributed by atoms with Crippen molar-refractivity contribution in [1.29, 1.82) is 0 Å². The van der Waals surface area contributed by atoms with Gasteiger partial charge in [0, 0.05) is 17.5 Å². The lowest BCUT2D eigenvalue weighted by Crippen LogP contribution is -2.22. The number of methoxy groups -OCH3 is 1. The molecule has 132 valence electrons. The number of nitrogens with zero attached hydrogens (tertiary/aromatic N) is 1. The second-order valence-electron chi connectivity index (χ2n) is 5.67. The summed E-state index contributed by atoms with van der Waals surface area (Å²) in [5.41, 5.74) is 1.85. The molecule has 1 heterocycles. The first-order valence-electron chi connectivity index (χ1n) is 7.78. The normalized spacial score (nSPS) is 15.7. The van der Waals surface area contributed by atoms with Gasteiger partial charge in [-0.2, -0.15) is 18.4 Å². The van der Waals surface area contributed by atoms with Crippen molar-refractivity contribution in [2.75, 3.05) is 7.11 Å². The molecule has 0 spiro atoms. The molecular weight excluding hydrogens is 344 g/mol. The molecule has 1 aromatic carbocycles. The molecular formula is C17H18N2O5S. The van der Waals surface area contributed by atoms with Crippen molar-refractivity contribution in [3.8, 4) is 0 Å². The van der Waals surface area contributed by atoms with E-state index in [-0.39, 0.29) is 10.7 Å². The van der Waals surface area contributed by atoms with Gasteiger partial charge < -0.3 is 9.15 Å². The molecule has 1 aromatic heterocycles. The molecule has 0 fully saturated rings. The van der Waals surface area contributed by atoms with E-state index in [1.165, 1.54) is 19.2 Å². The van der Waals surface area contributed by atoms with Crippen molar-refractivity contribution in [3.05, 3.63) is 53.0 Å². The number of carbonyl (C=O) groups excluding carboxylic acids is 1. The summed E-state index contributed by atoms with van der Waals surface area (Å²) in [6, 6.07) is 8.01.